The van der Waals surface area contributed by atoms with Crippen LogP contribution in [0.3, 0.4) is 0 Å². The van der Waals surface area contributed by atoms with Crippen molar-refractivity contribution in [3.8, 4) is 0 Å². The minimum absolute atomic E-state index is 0.0396. The molecule has 2 saturated heterocycles. The van der Waals surface area contributed by atoms with Crippen LogP contribution in [0.4, 0.5) is 11.4 Å². The smallest absolute Gasteiger partial charge is 0.225 e. The number of rotatable bonds is 6. The van der Waals surface area contributed by atoms with E-state index in [0.717, 1.165) is 62.4 Å². The zero-order valence-electron chi connectivity index (χ0n) is 19.0. The maximum Gasteiger partial charge on any atom is 0.225 e. The van der Waals surface area contributed by atoms with Crippen molar-refractivity contribution in [1.82, 2.24) is 4.90 Å². The molecule has 2 atom stereocenters. The second-order valence-electron chi connectivity index (χ2n) is 8.89. The van der Waals surface area contributed by atoms with E-state index in [9.17, 15) is 4.79 Å². The summed E-state index contributed by atoms with van der Waals surface area (Å²) in [6, 6.07) is 11.5. The Morgan fingerprint density at radius 3 is 2.45 bits per heavy atom. The topological polar surface area (TPSA) is 44.8 Å². The molecule has 0 aromatic heterocycles. The molecule has 2 aromatic carbocycles. The number of nitrogens with zero attached hydrogens (tertiary/aromatic N) is 2. The van der Waals surface area contributed by atoms with Crippen LogP contribution in [0.1, 0.15) is 37.8 Å². The number of amides is 1. The first kappa shape index (κ1) is 24.5. The van der Waals surface area contributed by atoms with E-state index in [4.69, 9.17) is 39.5 Å². The number of benzene rings is 2. The van der Waals surface area contributed by atoms with Crippen molar-refractivity contribution in [3.05, 3.63) is 57.0 Å². The van der Waals surface area contributed by atoms with E-state index in [-0.39, 0.29) is 24.0 Å². The number of halogens is 3. The lowest BCUT2D eigenvalue weighted by molar-refractivity contribution is -0.135. The summed E-state index contributed by atoms with van der Waals surface area (Å²) in [5.74, 6) is 0.371. The average Bonchev–Trinajstić information content (AvgIpc) is 3.29. The molecule has 5 nitrogen and oxygen atoms in total. The molecule has 8 heteroatoms. The number of hydrogen-bond acceptors (Lipinski definition) is 4. The Bertz CT molecular complexity index is 995. The zero-order valence-corrected chi connectivity index (χ0v) is 21.3. The molecule has 4 rings (SSSR count). The summed E-state index contributed by atoms with van der Waals surface area (Å²) in [5, 5.41) is 5.37. The number of carbonyl (C=O) groups is 1. The van der Waals surface area contributed by atoms with Gasteiger partial charge in [0.05, 0.1) is 22.9 Å². The van der Waals surface area contributed by atoms with Gasteiger partial charge >= 0.3 is 0 Å². The third-order valence-corrected chi connectivity index (χ3v) is 7.64. The Balaban J connectivity index is 1.38. The fourth-order valence-electron chi connectivity index (χ4n) is 4.75. The molecule has 2 fully saturated rings. The van der Waals surface area contributed by atoms with Crippen molar-refractivity contribution in [1.29, 1.82) is 0 Å². The van der Waals surface area contributed by atoms with Crippen molar-refractivity contribution >= 4 is 52.1 Å². The number of nitrogens with one attached hydrogen (secondary N) is 1. The monoisotopic (exact) mass is 509 g/mol. The van der Waals surface area contributed by atoms with Crippen LogP contribution in [0.5, 0.6) is 0 Å². The Morgan fingerprint density at radius 2 is 1.79 bits per heavy atom. The fraction of sp³-hybridized carbons (Fsp3) is 0.480. The SMILES string of the molecule is CO[C@H]1CCN(C(=O)C2CCN(c3ccc(Cl)c(NC(C)c4ccc(Cl)cc4Cl)c3)CC2)C1. The standard InChI is InChI=1S/C25H30Cl3N3O2/c1-16(21-5-3-18(26)13-23(21)28)29-24-14-19(4-6-22(24)27)30-10-7-17(8-11-30)25(32)31-12-9-20(15-31)33-2/h3-6,13-14,16-17,20,29H,7-12,15H2,1-2H3/t16?,20-/m0/s1. The maximum absolute atomic E-state index is 12.9. The van der Waals surface area contributed by atoms with Gasteiger partial charge in [-0.3, -0.25) is 4.79 Å². The number of likely N-dealkylation sites (tertiary alicyclic amines) is 1. The Kier molecular flexibility index (Phi) is 7.95. The van der Waals surface area contributed by atoms with Crippen LogP contribution in [0, 0.1) is 5.92 Å². The molecule has 0 bridgehead atoms. The van der Waals surface area contributed by atoms with Crippen molar-refractivity contribution in [2.75, 3.05) is 43.5 Å². The molecule has 2 aliphatic rings. The van der Waals surface area contributed by atoms with E-state index in [0.29, 0.717) is 15.1 Å². The minimum Gasteiger partial charge on any atom is -0.380 e. The van der Waals surface area contributed by atoms with Crippen LogP contribution in [0.25, 0.3) is 0 Å². The first-order valence-electron chi connectivity index (χ1n) is 11.4. The molecule has 0 spiro atoms. The lowest BCUT2D eigenvalue weighted by Crippen LogP contribution is -2.42. The van der Waals surface area contributed by atoms with Crippen LogP contribution >= 0.6 is 34.8 Å². The van der Waals surface area contributed by atoms with E-state index >= 15 is 0 Å². The van der Waals surface area contributed by atoms with Gasteiger partial charge in [0.2, 0.25) is 5.91 Å². The van der Waals surface area contributed by atoms with E-state index in [1.54, 1.807) is 13.2 Å². The van der Waals surface area contributed by atoms with Gasteiger partial charge in [-0.1, -0.05) is 40.9 Å². The predicted octanol–water partition coefficient (Wildman–Crippen LogP) is 6.28. The van der Waals surface area contributed by atoms with E-state index < -0.39 is 0 Å². The molecule has 2 heterocycles. The molecule has 1 unspecified atom stereocenters. The van der Waals surface area contributed by atoms with Crippen LogP contribution in [-0.4, -0.2) is 50.2 Å². The minimum atomic E-state index is -0.0396. The van der Waals surface area contributed by atoms with Crippen molar-refractivity contribution in [3.63, 3.8) is 0 Å². The molecule has 0 aliphatic carbocycles. The van der Waals surface area contributed by atoms with Crippen molar-refractivity contribution in [2.24, 2.45) is 5.92 Å². The summed E-state index contributed by atoms with van der Waals surface area (Å²) in [4.78, 5) is 17.2. The van der Waals surface area contributed by atoms with Gasteiger partial charge in [0.1, 0.15) is 0 Å². The first-order valence-corrected chi connectivity index (χ1v) is 12.6. The summed E-state index contributed by atoms with van der Waals surface area (Å²) in [7, 11) is 1.72. The maximum atomic E-state index is 12.9. The summed E-state index contributed by atoms with van der Waals surface area (Å²) in [6.45, 7) is 5.26. The molecular formula is C25H30Cl3N3O2. The average molecular weight is 511 g/mol. The van der Waals surface area contributed by atoms with E-state index in [2.05, 4.69) is 16.3 Å². The highest BCUT2D eigenvalue weighted by molar-refractivity contribution is 6.35. The Hall–Kier alpha value is -1.66. The van der Waals surface area contributed by atoms with Gasteiger partial charge in [-0.15, -0.1) is 0 Å². The van der Waals surface area contributed by atoms with Gasteiger partial charge in [-0.05, 0) is 62.1 Å². The Morgan fingerprint density at radius 1 is 1.03 bits per heavy atom. The van der Waals surface area contributed by atoms with Crippen LogP contribution in [0.15, 0.2) is 36.4 Å². The molecule has 178 valence electrons. The number of carbonyl (C=O) groups excluding carboxylic acids is 1. The number of methoxy groups -OCH3 is 1. The number of anilines is 2. The van der Waals surface area contributed by atoms with Gasteiger partial charge in [0.25, 0.3) is 0 Å². The molecule has 2 aromatic rings. The summed E-state index contributed by atoms with van der Waals surface area (Å²) in [5.41, 5.74) is 2.91. The molecule has 0 saturated carbocycles. The molecule has 33 heavy (non-hydrogen) atoms. The van der Waals surface area contributed by atoms with Crippen LogP contribution < -0.4 is 10.2 Å². The third-order valence-electron chi connectivity index (χ3n) is 6.75. The largest absolute Gasteiger partial charge is 0.380 e. The van der Waals surface area contributed by atoms with Gasteiger partial charge < -0.3 is 19.9 Å². The van der Waals surface area contributed by atoms with Gasteiger partial charge in [0.15, 0.2) is 0 Å². The summed E-state index contributed by atoms with van der Waals surface area (Å²) < 4.78 is 5.41. The fourth-order valence-corrected chi connectivity index (χ4v) is 5.49. The molecule has 2 aliphatic heterocycles. The third kappa shape index (κ3) is 5.71. The van der Waals surface area contributed by atoms with Gasteiger partial charge in [-0.2, -0.15) is 0 Å². The van der Waals surface area contributed by atoms with Crippen molar-refractivity contribution in [2.45, 2.75) is 38.3 Å². The number of hydrogen-bond donors (Lipinski definition) is 1. The number of piperidine rings is 1. The van der Waals surface area contributed by atoms with Crippen LogP contribution in [0.2, 0.25) is 15.1 Å². The number of ether oxygens (including phenoxy) is 1. The van der Waals surface area contributed by atoms with Gasteiger partial charge in [0, 0.05) is 54.9 Å². The lowest BCUT2D eigenvalue weighted by Gasteiger charge is -2.35. The zero-order chi connectivity index (χ0) is 23.5. The highest BCUT2D eigenvalue weighted by atomic mass is 35.5. The van der Waals surface area contributed by atoms with Crippen LogP contribution in [-0.2, 0) is 9.53 Å². The lowest BCUT2D eigenvalue weighted by atomic mass is 9.95. The highest BCUT2D eigenvalue weighted by Crippen LogP contribution is 2.34. The quantitative estimate of drug-likeness (QED) is 0.496. The Labute approximate surface area is 210 Å². The second-order valence-corrected chi connectivity index (χ2v) is 10.1. The molecule has 0 radical (unpaired) electrons. The first-order chi connectivity index (χ1) is 15.9. The van der Waals surface area contributed by atoms with Crippen molar-refractivity contribution < 1.29 is 9.53 Å². The highest BCUT2D eigenvalue weighted by Gasteiger charge is 2.33. The van der Waals surface area contributed by atoms with Gasteiger partial charge in [-0.25, -0.2) is 0 Å². The molecular weight excluding hydrogens is 481 g/mol. The van der Waals surface area contributed by atoms with E-state index in [1.807, 2.05) is 36.1 Å². The predicted molar refractivity (Wildman–Crippen MR) is 137 cm³/mol. The second kappa shape index (κ2) is 10.7. The van der Waals surface area contributed by atoms with E-state index in [1.165, 1.54) is 0 Å². The summed E-state index contributed by atoms with van der Waals surface area (Å²) >= 11 is 18.9. The normalized spacial score (nSPS) is 20.2. The summed E-state index contributed by atoms with van der Waals surface area (Å²) in [6.07, 6.45) is 2.82. The molecule has 1 N–H and O–H groups in total. The molecule has 1 amide bonds.